The van der Waals surface area contributed by atoms with Crippen molar-refractivity contribution >= 4 is 23.6 Å². The van der Waals surface area contributed by atoms with E-state index in [-0.39, 0.29) is 24.4 Å². The van der Waals surface area contributed by atoms with Crippen molar-refractivity contribution in [2.75, 3.05) is 44.7 Å². The second-order valence-corrected chi connectivity index (χ2v) is 7.81. The minimum Gasteiger partial charge on any atom is -0.481 e. The van der Waals surface area contributed by atoms with Gasteiger partial charge in [0.15, 0.2) is 0 Å². The van der Waals surface area contributed by atoms with Crippen LogP contribution in [-0.2, 0) is 9.53 Å². The zero-order chi connectivity index (χ0) is 19.7. The normalized spacial score (nSPS) is 26.8. The number of nitrogens with zero attached hydrogens (tertiary/aromatic N) is 2. The molecule has 2 saturated heterocycles. The van der Waals surface area contributed by atoms with Crippen molar-refractivity contribution in [2.24, 2.45) is 11.3 Å². The van der Waals surface area contributed by atoms with Gasteiger partial charge >= 0.3 is 12.0 Å². The van der Waals surface area contributed by atoms with Gasteiger partial charge in [-0.1, -0.05) is 18.6 Å². The maximum Gasteiger partial charge on any atom is 0.321 e. The maximum atomic E-state index is 12.9. The van der Waals surface area contributed by atoms with Gasteiger partial charge in [-0.15, -0.1) is 0 Å². The Kier molecular flexibility index (Phi) is 4.97. The number of ether oxygens (including phenoxy) is 1. The highest BCUT2D eigenvalue weighted by Crippen LogP contribution is 2.49. The number of carbonyl (C=O) groups excluding carboxylic acids is 2. The molecule has 0 spiro atoms. The van der Waals surface area contributed by atoms with Crippen molar-refractivity contribution in [3.8, 4) is 0 Å². The summed E-state index contributed by atoms with van der Waals surface area (Å²) in [5, 5.41) is 12.5. The lowest BCUT2D eigenvalue weighted by molar-refractivity contribution is -0.149. The third-order valence-corrected chi connectivity index (χ3v) is 6.28. The van der Waals surface area contributed by atoms with Gasteiger partial charge in [0.1, 0.15) is 0 Å². The fourth-order valence-electron chi connectivity index (χ4n) is 4.70. The first-order chi connectivity index (χ1) is 13.5. The van der Waals surface area contributed by atoms with E-state index in [0.29, 0.717) is 50.5 Å². The molecule has 2 heterocycles. The number of carboxylic acid groups (broad SMARTS) is 1. The van der Waals surface area contributed by atoms with Crippen LogP contribution in [0.3, 0.4) is 0 Å². The Morgan fingerprint density at radius 2 is 1.89 bits per heavy atom. The number of anilines is 1. The van der Waals surface area contributed by atoms with Crippen LogP contribution >= 0.6 is 0 Å². The number of nitrogens with one attached hydrogen (secondary N) is 1. The van der Waals surface area contributed by atoms with Gasteiger partial charge in [0, 0.05) is 26.2 Å². The average molecular weight is 387 g/mol. The summed E-state index contributed by atoms with van der Waals surface area (Å²) in [4.78, 5) is 40.8. The molecule has 3 aliphatic rings. The molecule has 8 nitrogen and oxygen atoms in total. The highest BCUT2D eigenvalue weighted by atomic mass is 16.5. The first kappa shape index (κ1) is 18.7. The van der Waals surface area contributed by atoms with Crippen LogP contribution in [0.4, 0.5) is 10.5 Å². The van der Waals surface area contributed by atoms with E-state index in [4.69, 9.17) is 4.74 Å². The second-order valence-electron chi connectivity index (χ2n) is 7.81. The van der Waals surface area contributed by atoms with Gasteiger partial charge in [-0.25, -0.2) is 4.79 Å². The Morgan fingerprint density at radius 3 is 2.61 bits per heavy atom. The number of hydrogen-bond acceptors (Lipinski definition) is 4. The zero-order valence-electron chi connectivity index (χ0n) is 15.7. The number of morpholine rings is 1. The highest BCUT2D eigenvalue weighted by molar-refractivity contribution is 6.03. The SMILES string of the molecule is O=C(Nc1ccccc1C(=O)N1CCOCC1)N1C[C@@H]2CCC[C@@]2(C(=O)O)C1. The van der Waals surface area contributed by atoms with Gasteiger partial charge in [0.25, 0.3) is 5.91 Å². The molecule has 2 atom stereocenters. The molecular formula is C20H25N3O5. The number of fused-ring (bicyclic) bond motifs is 1. The molecule has 2 aliphatic heterocycles. The summed E-state index contributed by atoms with van der Waals surface area (Å²) >= 11 is 0. The Balaban J connectivity index is 1.48. The summed E-state index contributed by atoms with van der Waals surface area (Å²) < 4.78 is 5.29. The molecular weight excluding hydrogens is 362 g/mol. The number of carboxylic acids is 1. The van der Waals surface area contributed by atoms with Gasteiger partial charge in [0.2, 0.25) is 0 Å². The summed E-state index contributed by atoms with van der Waals surface area (Å²) in [6, 6.07) is 6.59. The molecule has 3 fully saturated rings. The summed E-state index contributed by atoms with van der Waals surface area (Å²) in [5.41, 5.74) is 0.0658. The number of carbonyl (C=O) groups is 3. The van der Waals surface area contributed by atoms with E-state index in [1.807, 2.05) is 0 Å². The molecule has 1 saturated carbocycles. The number of aliphatic carboxylic acids is 1. The number of hydrogen-bond donors (Lipinski definition) is 2. The predicted molar refractivity (Wildman–Crippen MR) is 101 cm³/mol. The first-order valence-electron chi connectivity index (χ1n) is 9.77. The standard InChI is InChI=1S/C20H25N3O5/c24-17(22-8-10-28-11-9-22)15-5-1-2-6-16(15)21-19(27)23-12-14-4-3-7-20(14,13-23)18(25)26/h1-2,5-6,14H,3-4,7-13H2,(H,21,27)(H,25,26)/t14-,20+/m0/s1. The Hall–Kier alpha value is -2.61. The van der Waals surface area contributed by atoms with Crippen LogP contribution in [0.2, 0.25) is 0 Å². The monoisotopic (exact) mass is 387 g/mol. The lowest BCUT2D eigenvalue weighted by atomic mass is 9.81. The van der Waals surface area contributed by atoms with Crippen LogP contribution < -0.4 is 5.32 Å². The molecule has 1 aromatic carbocycles. The van der Waals surface area contributed by atoms with E-state index in [2.05, 4.69) is 5.32 Å². The van der Waals surface area contributed by atoms with E-state index in [1.165, 1.54) is 0 Å². The fraction of sp³-hybridized carbons (Fsp3) is 0.550. The molecule has 0 radical (unpaired) electrons. The van der Waals surface area contributed by atoms with Gasteiger partial charge in [-0.05, 0) is 30.9 Å². The van der Waals surface area contributed by atoms with Crippen molar-refractivity contribution in [2.45, 2.75) is 19.3 Å². The highest BCUT2D eigenvalue weighted by Gasteiger charge is 2.55. The number of benzene rings is 1. The second kappa shape index (κ2) is 7.43. The minimum absolute atomic E-state index is 0.000903. The average Bonchev–Trinajstić information content (AvgIpc) is 3.27. The molecule has 28 heavy (non-hydrogen) atoms. The Morgan fingerprint density at radius 1 is 1.14 bits per heavy atom. The Bertz CT molecular complexity index is 792. The van der Waals surface area contributed by atoms with Crippen molar-refractivity contribution < 1.29 is 24.2 Å². The van der Waals surface area contributed by atoms with E-state index in [1.54, 1.807) is 34.1 Å². The molecule has 1 aliphatic carbocycles. The van der Waals surface area contributed by atoms with E-state index in [0.717, 1.165) is 12.8 Å². The summed E-state index contributed by atoms with van der Waals surface area (Å²) in [6.45, 7) is 2.72. The summed E-state index contributed by atoms with van der Waals surface area (Å²) in [5.74, 6) is -0.950. The van der Waals surface area contributed by atoms with Crippen LogP contribution in [0.25, 0.3) is 0 Å². The van der Waals surface area contributed by atoms with Crippen molar-refractivity contribution in [1.82, 2.24) is 9.80 Å². The van der Waals surface area contributed by atoms with Crippen LogP contribution in [0.1, 0.15) is 29.6 Å². The van der Waals surface area contributed by atoms with Crippen molar-refractivity contribution in [1.29, 1.82) is 0 Å². The lowest BCUT2D eigenvalue weighted by Gasteiger charge is -2.28. The maximum absolute atomic E-state index is 12.9. The van der Waals surface area contributed by atoms with Crippen LogP contribution in [0, 0.1) is 11.3 Å². The smallest absolute Gasteiger partial charge is 0.321 e. The number of para-hydroxylation sites is 1. The number of urea groups is 1. The van der Waals surface area contributed by atoms with Crippen LogP contribution in [0.5, 0.6) is 0 Å². The number of likely N-dealkylation sites (tertiary alicyclic amines) is 1. The summed E-state index contributed by atoms with van der Waals surface area (Å²) in [7, 11) is 0. The largest absolute Gasteiger partial charge is 0.481 e. The van der Waals surface area contributed by atoms with Gasteiger partial charge < -0.3 is 25.0 Å². The molecule has 150 valence electrons. The lowest BCUT2D eigenvalue weighted by Crippen LogP contribution is -2.41. The van der Waals surface area contributed by atoms with E-state index < -0.39 is 11.4 Å². The molecule has 2 N–H and O–H groups in total. The molecule has 1 aromatic rings. The van der Waals surface area contributed by atoms with Gasteiger partial charge in [-0.2, -0.15) is 0 Å². The van der Waals surface area contributed by atoms with Crippen LogP contribution in [0.15, 0.2) is 24.3 Å². The topological polar surface area (TPSA) is 99.2 Å². The van der Waals surface area contributed by atoms with Gasteiger partial charge in [-0.3, -0.25) is 9.59 Å². The summed E-state index contributed by atoms with van der Waals surface area (Å²) in [6.07, 6.45) is 2.34. The van der Waals surface area contributed by atoms with Crippen LogP contribution in [-0.4, -0.2) is 72.2 Å². The Labute approximate surface area is 163 Å². The quantitative estimate of drug-likeness (QED) is 0.825. The number of rotatable bonds is 3. The third kappa shape index (κ3) is 3.22. The molecule has 4 rings (SSSR count). The van der Waals surface area contributed by atoms with E-state index in [9.17, 15) is 19.5 Å². The molecule has 0 aromatic heterocycles. The minimum atomic E-state index is -0.819. The molecule has 8 heteroatoms. The van der Waals surface area contributed by atoms with Crippen molar-refractivity contribution in [3.05, 3.63) is 29.8 Å². The third-order valence-electron chi connectivity index (χ3n) is 6.28. The van der Waals surface area contributed by atoms with Gasteiger partial charge in [0.05, 0.1) is 29.9 Å². The fourth-order valence-corrected chi connectivity index (χ4v) is 4.70. The molecule has 0 unspecified atom stereocenters. The molecule has 3 amide bonds. The first-order valence-corrected chi connectivity index (χ1v) is 9.77. The van der Waals surface area contributed by atoms with Crippen molar-refractivity contribution in [3.63, 3.8) is 0 Å². The predicted octanol–water partition coefficient (Wildman–Crippen LogP) is 1.88. The van der Waals surface area contributed by atoms with E-state index >= 15 is 0 Å². The zero-order valence-corrected chi connectivity index (χ0v) is 15.7. The number of amides is 3. The molecule has 0 bridgehead atoms.